The van der Waals surface area contributed by atoms with Crippen LogP contribution >= 0.6 is 0 Å². The van der Waals surface area contributed by atoms with Crippen LogP contribution in [0.1, 0.15) is 94.9 Å². The van der Waals surface area contributed by atoms with Crippen molar-refractivity contribution >= 4 is 0 Å². The van der Waals surface area contributed by atoms with Crippen LogP contribution in [-0.4, -0.2) is 47.1 Å². The van der Waals surface area contributed by atoms with Crippen LogP contribution in [0.5, 0.6) is 0 Å². The molecule has 0 saturated carbocycles. The predicted molar refractivity (Wildman–Crippen MR) is 116 cm³/mol. The van der Waals surface area contributed by atoms with E-state index in [4.69, 9.17) is 0 Å². The fourth-order valence-corrected chi connectivity index (χ4v) is 5.60. The van der Waals surface area contributed by atoms with Crippen LogP contribution in [0.2, 0.25) is 0 Å². The second kappa shape index (κ2) is 7.39. The average Bonchev–Trinajstić information content (AvgIpc) is 2.53. The lowest BCUT2D eigenvalue weighted by molar-refractivity contribution is -0.0667. The Labute approximate surface area is 165 Å². The second-order valence-electron chi connectivity index (χ2n) is 12.3. The molecule has 0 spiro atoms. The Kier molecular flexibility index (Phi) is 6.31. The minimum Gasteiger partial charge on any atom is -0.298 e. The third-order valence-electron chi connectivity index (χ3n) is 8.59. The van der Waals surface area contributed by atoms with Gasteiger partial charge in [-0.15, -0.1) is 0 Å². The van der Waals surface area contributed by atoms with E-state index >= 15 is 0 Å². The monoisotopic (exact) mass is 364 g/mol. The van der Waals surface area contributed by atoms with Crippen LogP contribution in [0.4, 0.5) is 0 Å². The summed E-state index contributed by atoms with van der Waals surface area (Å²) in [5.74, 6) is 1.72. The molecule has 154 valence electrons. The number of piperidine rings is 2. The lowest BCUT2D eigenvalue weighted by atomic mass is 9.53. The molecule has 0 aromatic carbocycles. The Morgan fingerprint density at radius 3 is 0.885 bits per heavy atom. The van der Waals surface area contributed by atoms with Crippen LogP contribution < -0.4 is 0 Å². The summed E-state index contributed by atoms with van der Waals surface area (Å²) in [6, 6.07) is 0. The molecule has 0 bridgehead atoms. The van der Waals surface area contributed by atoms with E-state index in [1.807, 2.05) is 0 Å². The lowest BCUT2D eigenvalue weighted by Gasteiger charge is -2.56. The van der Waals surface area contributed by atoms with Crippen molar-refractivity contribution in [1.29, 1.82) is 0 Å². The van der Waals surface area contributed by atoms with E-state index < -0.39 is 0 Å². The highest BCUT2D eigenvalue weighted by atomic mass is 15.2. The molecule has 2 rings (SSSR count). The van der Waals surface area contributed by atoms with Gasteiger partial charge in [0, 0.05) is 11.1 Å². The zero-order chi connectivity index (χ0) is 20.0. The van der Waals surface area contributed by atoms with Crippen LogP contribution in [0.3, 0.4) is 0 Å². The lowest BCUT2D eigenvalue weighted by Crippen LogP contribution is -2.54. The molecule has 0 N–H and O–H groups in total. The van der Waals surface area contributed by atoms with Gasteiger partial charge < -0.3 is 0 Å². The molecule has 2 fully saturated rings. The van der Waals surface area contributed by atoms with Crippen LogP contribution in [0, 0.1) is 22.7 Å². The summed E-state index contributed by atoms with van der Waals surface area (Å²) >= 11 is 0. The number of hydrogen-bond donors (Lipinski definition) is 0. The SMILES string of the molecule is CC(C)(C)N1CCC(C(C)(C)C(C)(C)C2CCN(C(C)(C)C)CC2)CC1. The predicted octanol–water partition coefficient (Wildman–Crippen LogP) is 6.06. The molecule has 2 aliphatic heterocycles. The first kappa shape index (κ1) is 22.2. The number of rotatable bonds is 3. The van der Waals surface area contributed by atoms with E-state index in [1.165, 1.54) is 51.9 Å². The van der Waals surface area contributed by atoms with Gasteiger partial charge >= 0.3 is 0 Å². The molecule has 2 nitrogen and oxygen atoms in total. The Morgan fingerprint density at radius 2 is 0.692 bits per heavy atom. The first-order valence-electron chi connectivity index (χ1n) is 11.2. The average molecular weight is 365 g/mol. The van der Waals surface area contributed by atoms with E-state index in [-0.39, 0.29) is 0 Å². The summed E-state index contributed by atoms with van der Waals surface area (Å²) in [7, 11) is 0. The van der Waals surface area contributed by atoms with Crippen LogP contribution in [0.25, 0.3) is 0 Å². The van der Waals surface area contributed by atoms with Gasteiger partial charge in [-0.3, -0.25) is 9.80 Å². The molecule has 2 saturated heterocycles. The minimum absolute atomic E-state index is 0.324. The Balaban J connectivity index is 2.01. The van der Waals surface area contributed by atoms with Gasteiger partial charge in [-0.2, -0.15) is 0 Å². The van der Waals surface area contributed by atoms with E-state index in [2.05, 4.69) is 79.0 Å². The van der Waals surface area contributed by atoms with Gasteiger partial charge in [0.15, 0.2) is 0 Å². The summed E-state index contributed by atoms with van der Waals surface area (Å²) in [5, 5.41) is 0. The molecule has 26 heavy (non-hydrogen) atoms. The van der Waals surface area contributed by atoms with E-state index in [0.717, 1.165) is 11.8 Å². The zero-order valence-electron chi connectivity index (χ0n) is 19.7. The molecule has 2 aliphatic rings. The fraction of sp³-hybridized carbons (Fsp3) is 1.00. The summed E-state index contributed by atoms with van der Waals surface area (Å²) < 4.78 is 0. The van der Waals surface area contributed by atoms with Crippen molar-refractivity contribution in [3.05, 3.63) is 0 Å². The van der Waals surface area contributed by atoms with Crippen molar-refractivity contribution in [3.8, 4) is 0 Å². The second-order valence-corrected chi connectivity index (χ2v) is 12.3. The zero-order valence-corrected chi connectivity index (χ0v) is 19.7. The molecule has 0 aromatic heterocycles. The van der Waals surface area contributed by atoms with Gasteiger partial charge in [0.25, 0.3) is 0 Å². The highest BCUT2D eigenvalue weighted by Gasteiger charge is 2.49. The molecule has 0 unspecified atom stereocenters. The smallest absolute Gasteiger partial charge is 0.0125 e. The topological polar surface area (TPSA) is 6.48 Å². The fourth-order valence-electron chi connectivity index (χ4n) is 5.60. The summed E-state index contributed by atoms with van der Waals surface area (Å²) in [6.45, 7) is 29.6. The molecular formula is C24H48N2. The molecule has 0 radical (unpaired) electrons. The van der Waals surface area contributed by atoms with Crippen molar-refractivity contribution in [3.63, 3.8) is 0 Å². The number of likely N-dealkylation sites (tertiary alicyclic amines) is 2. The number of nitrogens with zero attached hydrogens (tertiary/aromatic N) is 2. The third kappa shape index (κ3) is 4.49. The van der Waals surface area contributed by atoms with Crippen molar-refractivity contribution < 1.29 is 0 Å². The van der Waals surface area contributed by atoms with Gasteiger partial charge in [-0.25, -0.2) is 0 Å². The molecule has 2 heterocycles. The molecule has 0 aromatic rings. The maximum Gasteiger partial charge on any atom is 0.0125 e. The van der Waals surface area contributed by atoms with E-state index in [1.54, 1.807) is 0 Å². The van der Waals surface area contributed by atoms with Gasteiger partial charge in [-0.05, 0) is 116 Å². The van der Waals surface area contributed by atoms with Gasteiger partial charge in [0.1, 0.15) is 0 Å². The Morgan fingerprint density at radius 1 is 0.462 bits per heavy atom. The number of hydrogen-bond acceptors (Lipinski definition) is 2. The van der Waals surface area contributed by atoms with Crippen LogP contribution in [0.15, 0.2) is 0 Å². The van der Waals surface area contributed by atoms with Crippen molar-refractivity contribution in [2.45, 2.75) is 106 Å². The highest BCUT2D eigenvalue weighted by molar-refractivity contribution is 4.99. The minimum atomic E-state index is 0.324. The molecule has 0 atom stereocenters. The molecule has 0 amide bonds. The summed E-state index contributed by atoms with van der Waals surface area (Å²) in [5.41, 5.74) is 1.46. The third-order valence-corrected chi connectivity index (χ3v) is 8.59. The largest absolute Gasteiger partial charge is 0.298 e. The first-order valence-corrected chi connectivity index (χ1v) is 11.2. The van der Waals surface area contributed by atoms with Crippen LogP contribution in [-0.2, 0) is 0 Å². The Bertz CT molecular complexity index is 404. The molecule has 0 aliphatic carbocycles. The Hall–Kier alpha value is -0.0800. The standard InChI is InChI=1S/C24H48N2/c1-21(2,3)25-15-11-19(12-16-25)23(7,8)24(9,10)20-13-17-26(18-14-20)22(4,5)6/h19-20H,11-18H2,1-10H3. The quantitative estimate of drug-likeness (QED) is 0.600. The van der Waals surface area contributed by atoms with Gasteiger partial charge in [-0.1, -0.05) is 27.7 Å². The maximum atomic E-state index is 2.69. The van der Waals surface area contributed by atoms with Crippen molar-refractivity contribution in [2.75, 3.05) is 26.2 Å². The van der Waals surface area contributed by atoms with Gasteiger partial charge in [0.05, 0.1) is 0 Å². The van der Waals surface area contributed by atoms with E-state index in [0.29, 0.717) is 21.9 Å². The normalized spacial score (nSPS) is 24.2. The first-order chi connectivity index (χ1) is 11.7. The van der Waals surface area contributed by atoms with E-state index in [9.17, 15) is 0 Å². The van der Waals surface area contributed by atoms with Crippen molar-refractivity contribution in [1.82, 2.24) is 9.80 Å². The molecule has 2 heteroatoms. The summed E-state index contributed by atoms with van der Waals surface area (Å²) in [6.07, 6.45) is 5.48. The molecular weight excluding hydrogens is 316 g/mol. The van der Waals surface area contributed by atoms with Gasteiger partial charge in [0.2, 0.25) is 0 Å². The van der Waals surface area contributed by atoms with Crippen molar-refractivity contribution in [2.24, 2.45) is 22.7 Å². The maximum absolute atomic E-state index is 2.69. The highest BCUT2D eigenvalue weighted by Crippen LogP contribution is 2.54. The summed E-state index contributed by atoms with van der Waals surface area (Å²) in [4.78, 5) is 5.38.